The van der Waals surface area contributed by atoms with Crippen molar-refractivity contribution in [3.05, 3.63) is 0 Å². The summed E-state index contributed by atoms with van der Waals surface area (Å²) in [5, 5.41) is 6.12. The van der Waals surface area contributed by atoms with Gasteiger partial charge in [0.2, 0.25) is 11.8 Å². The second-order valence-electron chi connectivity index (χ2n) is 5.60. The van der Waals surface area contributed by atoms with Crippen LogP contribution < -0.4 is 10.6 Å². The molecule has 2 amide bonds. The number of carbonyl (C=O) groups excluding carboxylic acids is 2. The zero-order valence-corrected chi connectivity index (χ0v) is 11.6. The van der Waals surface area contributed by atoms with Crippen LogP contribution in [0.1, 0.15) is 38.5 Å². The number of hydrogen-bond donors (Lipinski definition) is 2. The molecule has 5 heteroatoms. The van der Waals surface area contributed by atoms with E-state index in [1.54, 1.807) is 0 Å². The maximum Gasteiger partial charge on any atom is 0.224 e. The molecule has 2 rings (SSSR count). The van der Waals surface area contributed by atoms with Gasteiger partial charge in [-0.1, -0.05) is 0 Å². The summed E-state index contributed by atoms with van der Waals surface area (Å²) in [5.41, 5.74) is 0. The van der Waals surface area contributed by atoms with Crippen molar-refractivity contribution in [1.82, 2.24) is 15.5 Å². The van der Waals surface area contributed by atoms with E-state index < -0.39 is 0 Å². The Morgan fingerprint density at radius 3 is 2.68 bits per heavy atom. The van der Waals surface area contributed by atoms with Crippen molar-refractivity contribution in [2.24, 2.45) is 5.92 Å². The maximum atomic E-state index is 11.9. The van der Waals surface area contributed by atoms with Gasteiger partial charge in [0.05, 0.1) is 0 Å². The topological polar surface area (TPSA) is 61.4 Å². The van der Waals surface area contributed by atoms with E-state index in [9.17, 15) is 9.59 Å². The lowest BCUT2D eigenvalue weighted by molar-refractivity contribution is -0.132. The van der Waals surface area contributed by atoms with Crippen molar-refractivity contribution in [3.63, 3.8) is 0 Å². The number of amides is 2. The summed E-state index contributed by atoms with van der Waals surface area (Å²) >= 11 is 0. The van der Waals surface area contributed by atoms with Crippen LogP contribution in [-0.2, 0) is 9.59 Å². The third-order valence-corrected chi connectivity index (χ3v) is 4.01. The molecular weight excluding hydrogens is 242 g/mol. The van der Waals surface area contributed by atoms with Gasteiger partial charge in [-0.3, -0.25) is 9.59 Å². The van der Waals surface area contributed by atoms with Gasteiger partial charge in [0, 0.05) is 32.5 Å². The summed E-state index contributed by atoms with van der Waals surface area (Å²) in [6, 6.07) is 0. The molecule has 0 aliphatic carbocycles. The molecule has 0 spiro atoms. The summed E-state index contributed by atoms with van der Waals surface area (Å²) < 4.78 is 0. The van der Waals surface area contributed by atoms with Gasteiger partial charge in [0.15, 0.2) is 0 Å². The highest BCUT2D eigenvalue weighted by Gasteiger charge is 2.19. The first-order valence-corrected chi connectivity index (χ1v) is 7.51. The Labute approximate surface area is 115 Å². The zero-order chi connectivity index (χ0) is 13.5. The van der Waals surface area contributed by atoms with Crippen molar-refractivity contribution in [1.29, 1.82) is 0 Å². The molecule has 2 saturated heterocycles. The molecule has 2 aliphatic rings. The van der Waals surface area contributed by atoms with Crippen LogP contribution in [0.15, 0.2) is 0 Å². The summed E-state index contributed by atoms with van der Waals surface area (Å²) in [4.78, 5) is 25.5. The quantitative estimate of drug-likeness (QED) is 0.763. The van der Waals surface area contributed by atoms with E-state index in [1.807, 2.05) is 4.90 Å². The maximum absolute atomic E-state index is 11.9. The fourth-order valence-corrected chi connectivity index (χ4v) is 2.83. The number of likely N-dealkylation sites (tertiary alicyclic amines) is 1. The van der Waals surface area contributed by atoms with Crippen molar-refractivity contribution in [3.8, 4) is 0 Å². The molecule has 0 aromatic carbocycles. The monoisotopic (exact) mass is 267 g/mol. The molecule has 2 heterocycles. The van der Waals surface area contributed by atoms with E-state index in [0.717, 1.165) is 45.4 Å². The molecule has 0 bridgehead atoms. The average molecular weight is 267 g/mol. The van der Waals surface area contributed by atoms with Gasteiger partial charge in [-0.15, -0.1) is 0 Å². The first-order valence-electron chi connectivity index (χ1n) is 7.51. The minimum Gasteiger partial charge on any atom is -0.356 e. The SMILES string of the molecule is O=C(CC1CCNC1)NCCC(=O)N1CCCCC1. The number of piperidine rings is 1. The Balaban J connectivity index is 1.57. The van der Waals surface area contributed by atoms with Crippen LogP contribution in [0.3, 0.4) is 0 Å². The molecule has 0 saturated carbocycles. The van der Waals surface area contributed by atoms with Crippen molar-refractivity contribution in [2.75, 3.05) is 32.7 Å². The number of nitrogens with zero attached hydrogens (tertiary/aromatic N) is 1. The lowest BCUT2D eigenvalue weighted by Gasteiger charge is -2.26. The number of nitrogens with one attached hydrogen (secondary N) is 2. The summed E-state index contributed by atoms with van der Waals surface area (Å²) in [6.07, 6.45) is 5.58. The lowest BCUT2D eigenvalue weighted by atomic mass is 10.0. The smallest absolute Gasteiger partial charge is 0.224 e. The largest absolute Gasteiger partial charge is 0.356 e. The minimum atomic E-state index is 0.0835. The van der Waals surface area contributed by atoms with Crippen molar-refractivity contribution >= 4 is 11.8 Å². The van der Waals surface area contributed by atoms with Crippen molar-refractivity contribution in [2.45, 2.75) is 38.5 Å². The van der Waals surface area contributed by atoms with E-state index in [0.29, 0.717) is 25.3 Å². The van der Waals surface area contributed by atoms with Gasteiger partial charge in [0.1, 0.15) is 0 Å². The summed E-state index contributed by atoms with van der Waals surface area (Å²) in [7, 11) is 0. The van der Waals surface area contributed by atoms with Crippen LogP contribution in [0.4, 0.5) is 0 Å². The van der Waals surface area contributed by atoms with Gasteiger partial charge in [0.25, 0.3) is 0 Å². The molecule has 1 atom stereocenters. The first-order chi connectivity index (χ1) is 9.25. The van der Waals surface area contributed by atoms with E-state index in [1.165, 1.54) is 6.42 Å². The van der Waals surface area contributed by atoms with Gasteiger partial charge in [-0.05, 0) is 44.7 Å². The lowest BCUT2D eigenvalue weighted by Crippen LogP contribution is -2.38. The van der Waals surface area contributed by atoms with Gasteiger partial charge in [-0.25, -0.2) is 0 Å². The molecule has 2 N–H and O–H groups in total. The second kappa shape index (κ2) is 7.48. The molecule has 19 heavy (non-hydrogen) atoms. The van der Waals surface area contributed by atoms with Crippen LogP contribution in [0.25, 0.3) is 0 Å². The molecule has 5 nitrogen and oxygen atoms in total. The van der Waals surface area contributed by atoms with Crippen LogP contribution >= 0.6 is 0 Å². The van der Waals surface area contributed by atoms with Crippen molar-refractivity contribution < 1.29 is 9.59 Å². The summed E-state index contributed by atoms with van der Waals surface area (Å²) in [5.74, 6) is 0.737. The molecule has 2 fully saturated rings. The first kappa shape index (κ1) is 14.3. The predicted octanol–water partition coefficient (Wildman–Crippen LogP) is 0.505. The molecule has 1 unspecified atom stereocenters. The minimum absolute atomic E-state index is 0.0835. The predicted molar refractivity (Wildman–Crippen MR) is 73.7 cm³/mol. The number of hydrogen-bond acceptors (Lipinski definition) is 3. The van der Waals surface area contributed by atoms with E-state index >= 15 is 0 Å². The average Bonchev–Trinajstić information content (AvgIpc) is 2.92. The number of rotatable bonds is 5. The normalized spacial score (nSPS) is 23.4. The highest BCUT2D eigenvalue weighted by atomic mass is 16.2. The van der Waals surface area contributed by atoms with Crippen LogP contribution in [0.5, 0.6) is 0 Å². The molecule has 0 radical (unpaired) electrons. The fourth-order valence-electron chi connectivity index (χ4n) is 2.83. The Kier molecular flexibility index (Phi) is 5.63. The molecule has 108 valence electrons. The highest BCUT2D eigenvalue weighted by molar-refractivity contribution is 5.79. The fraction of sp³-hybridized carbons (Fsp3) is 0.857. The standard InChI is InChI=1S/C14H25N3O2/c18-13(10-12-4-6-15-11-12)16-7-5-14(19)17-8-2-1-3-9-17/h12,15H,1-11H2,(H,16,18). The van der Waals surface area contributed by atoms with Crippen LogP contribution in [-0.4, -0.2) is 49.4 Å². The highest BCUT2D eigenvalue weighted by Crippen LogP contribution is 2.12. The zero-order valence-electron chi connectivity index (χ0n) is 11.6. The van der Waals surface area contributed by atoms with E-state index in [2.05, 4.69) is 10.6 Å². The Morgan fingerprint density at radius 1 is 1.21 bits per heavy atom. The van der Waals surface area contributed by atoms with Crippen LogP contribution in [0.2, 0.25) is 0 Å². The van der Waals surface area contributed by atoms with E-state index in [-0.39, 0.29) is 11.8 Å². The molecule has 0 aromatic rings. The summed E-state index contributed by atoms with van der Waals surface area (Å²) in [6.45, 7) is 4.22. The molecular formula is C14H25N3O2. The Hall–Kier alpha value is -1.10. The number of carbonyl (C=O) groups is 2. The molecule has 0 aromatic heterocycles. The van der Waals surface area contributed by atoms with Gasteiger partial charge in [-0.2, -0.15) is 0 Å². The van der Waals surface area contributed by atoms with E-state index in [4.69, 9.17) is 0 Å². The van der Waals surface area contributed by atoms with Gasteiger partial charge >= 0.3 is 0 Å². The second-order valence-corrected chi connectivity index (χ2v) is 5.60. The Morgan fingerprint density at radius 2 is 2.00 bits per heavy atom. The Bertz CT molecular complexity index is 308. The van der Waals surface area contributed by atoms with Crippen LogP contribution in [0, 0.1) is 5.92 Å². The molecule has 2 aliphatic heterocycles. The third-order valence-electron chi connectivity index (χ3n) is 4.01. The third kappa shape index (κ3) is 4.82. The van der Waals surface area contributed by atoms with Gasteiger partial charge < -0.3 is 15.5 Å².